The summed E-state index contributed by atoms with van der Waals surface area (Å²) in [7, 11) is 0. The summed E-state index contributed by atoms with van der Waals surface area (Å²) in [6.07, 6.45) is 8.08. The number of allylic oxidation sites excluding steroid dienone is 2. The number of nitrogens with one attached hydrogen (secondary N) is 1. The van der Waals surface area contributed by atoms with Gasteiger partial charge in [-0.3, -0.25) is 4.79 Å². The fourth-order valence-corrected chi connectivity index (χ4v) is 9.00. The summed E-state index contributed by atoms with van der Waals surface area (Å²) in [5.74, 6) is -0.123. The maximum atomic E-state index is 14.2. The molecule has 7 nitrogen and oxygen atoms in total. The lowest BCUT2D eigenvalue weighted by atomic mass is 9.64. The highest BCUT2D eigenvalue weighted by molar-refractivity contribution is 7.14. The molecular formula is C40H50N2O5S. The molecule has 7 rings (SSSR count). The number of hydrogen-bond acceptors (Lipinski definition) is 6. The lowest BCUT2D eigenvalue weighted by Crippen LogP contribution is -2.55. The number of rotatable bonds is 7. The maximum absolute atomic E-state index is 14.2. The Morgan fingerprint density at radius 2 is 1.85 bits per heavy atom. The Morgan fingerprint density at radius 1 is 1.04 bits per heavy atom. The first-order valence-electron chi connectivity index (χ1n) is 17.6. The first-order chi connectivity index (χ1) is 23.0. The van der Waals surface area contributed by atoms with E-state index in [1.807, 2.05) is 55.5 Å². The van der Waals surface area contributed by atoms with Crippen LogP contribution in [0.1, 0.15) is 102 Å². The molecule has 2 heterocycles. The largest absolute Gasteiger partial charge is 0.393 e. The lowest BCUT2D eigenvalue weighted by Gasteiger charge is -2.46. The van der Waals surface area contributed by atoms with Crippen molar-refractivity contribution in [1.29, 1.82) is 0 Å². The van der Waals surface area contributed by atoms with Gasteiger partial charge < -0.3 is 25.2 Å². The van der Waals surface area contributed by atoms with Crippen molar-refractivity contribution >= 4 is 28.8 Å². The molecule has 256 valence electrons. The van der Waals surface area contributed by atoms with Gasteiger partial charge in [0.2, 0.25) is 5.78 Å². The van der Waals surface area contributed by atoms with Crippen LogP contribution in [0.5, 0.6) is 0 Å². The van der Waals surface area contributed by atoms with Gasteiger partial charge in [-0.2, -0.15) is 0 Å². The van der Waals surface area contributed by atoms with E-state index in [-0.39, 0.29) is 30.4 Å². The number of amides is 2. The molecule has 2 amide bonds. The molecule has 5 atom stereocenters. The van der Waals surface area contributed by atoms with Crippen LogP contribution >= 0.6 is 11.3 Å². The zero-order valence-corrected chi connectivity index (χ0v) is 29.4. The molecule has 8 heteroatoms. The standard InChI is InChI=1S/C40H50N2O5S/c1-27-9-7-20-39(3)35(33-17-15-29(23-31(43)16-13-27)24-34(33)37(44)36-18-14-28(2)48-36)19-21-40(39,46)26-42(25-32-12-8-22-47-32)38(45)41-30-10-5-4-6-11-30/h4-6,9-11,14-15,17-18,24,31-32,35,43,46H,7-8,12-13,16,19-23,25-26H2,1-3H3,(H,41,45). The Balaban J connectivity index is 1.39. The third-order valence-electron chi connectivity index (χ3n) is 11.1. The summed E-state index contributed by atoms with van der Waals surface area (Å²) in [5.41, 5.74) is 2.63. The molecule has 3 aliphatic carbocycles. The van der Waals surface area contributed by atoms with Gasteiger partial charge in [-0.1, -0.05) is 48.9 Å². The number of para-hydroxylation sites is 1. The van der Waals surface area contributed by atoms with E-state index in [0.717, 1.165) is 41.7 Å². The van der Waals surface area contributed by atoms with Crippen molar-refractivity contribution in [3.05, 3.63) is 98.8 Å². The Bertz CT molecular complexity index is 1630. The van der Waals surface area contributed by atoms with Crippen molar-refractivity contribution in [2.45, 2.75) is 102 Å². The van der Waals surface area contributed by atoms with Crippen LogP contribution in [-0.4, -0.2) is 64.4 Å². The fraction of sp³-hybridized carbons (Fsp3) is 0.500. The second kappa shape index (κ2) is 14.7. The van der Waals surface area contributed by atoms with Crippen LogP contribution in [0.4, 0.5) is 10.5 Å². The summed E-state index contributed by atoms with van der Waals surface area (Å²) < 4.78 is 5.98. The molecule has 4 aliphatic rings. The fourth-order valence-electron chi connectivity index (χ4n) is 8.18. The third kappa shape index (κ3) is 7.47. The van der Waals surface area contributed by atoms with Crippen LogP contribution < -0.4 is 5.32 Å². The molecule has 5 unspecified atom stereocenters. The Hall–Kier alpha value is -3.30. The topological polar surface area (TPSA) is 99.1 Å². The Morgan fingerprint density at radius 3 is 2.58 bits per heavy atom. The normalized spacial score (nSPS) is 27.6. The summed E-state index contributed by atoms with van der Waals surface area (Å²) in [6, 6.07) is 19.2. The van der Waals surface area contributed by atoms with Gasteiger partial charge in [0.25, 0.3) is 0 Å². The number of carbonyl (C=O) groups excluding carboxylic acids is 2. The number of ketones is 1. The molecule has 1 saturated carbocycles. The van der Waals surface area contributed by atoms with Gasteiger partial charge in [-0.25, -0.2) is 4.79 Å². The van der Waals surface area contributed by atoms with Crippen LogP contribution in [-0.2, 0) is 11.2 Å². The number of carbonyl (C=O) groups is 2. The number of nitrogens with zero attached hydrogens (tertiary/aromatic N) is 1. The minimum absolute atomic E-state index is 0.0117. The van der Waals surface area contributed by atoms with Crippen LogP contribution in [0, 0.1) is 12.3 Å². The summed E-state index contributed by atoms with van der Waals surface area (Å²) >= 11 is 1.50. The Kier molecular flexibility index (Phi) is 10.6. The van der Waals surface area contributed by atoms with E-state index in [4.69, 9.17) is 4.74 Å². The van der Waals surface area contributed by atoms with Crippen LogP contribution in [0.2, 0.25) is 0 Å². The zero-order valence-electron chi connectivity index (χ0n) is 28.5. The monoisotopic (exact) mass is 670 g/mol. The van der Waals surface area contributed by atoms with Gasteiger partial charge in [-0.15, -0.1) is 11.3 Å². The third-order valence-corrected chi connectivity index (χ3v) is 12.1. The SMILES string of the molecule is CC1=CCCC2(C)C(CCC2(O)CN(CC2CCCO2)C(=O)Nc2ccccc2)c2ccc(cc2C(=O)c2ccc(C)s2)CC(O)CC1. The molecule has 0 radical (unpaired) electrons. The molecule has 3 N–H and O–H groups in total. The second-order valence-electron chi connectivity index (χ2n) is 14.5. The first-order valence-corrected chi connectivity index (χ1v) is 18.4. The number of aliphatic hydroxyl groups is 2. The van der Waals surface area contributed by atoms with E-state index in [1.54, 1.807) is 4.90 Å². The van der Waals surface area contributed by atoms with E-state index >= 15 is 0 Å². The lowest BCUT2D eigenvalue weighted by molar-refractivity contribution is -0.0799. The highest BCUT2D eigenvalue weighted by Crippen LogP contribution is 2.59. The van der Waals surface area contributed by atoms with Crippen molar-refractivity contribution < 1.29 is 24.5 Å². The van der Waals surface area contributed by atoms with Gasteiger partial charge in [0.05, 0.1) is 29.2 Å². The van der Waals surface area contributed by atoms with E-state index in [9.17, 15) is 19.8 Å². The molecule has 1 saturated heterocycles. The quantitative estimate of drug-likeness (QED) is 0.175. The van der Waals surface area contributed by atoms with Crippen LogP contribution in [0.3, 0.4) is 0 Å². The minimum Gasteiger partial charge on any atom is -0.393 e. The predicted octanol–water partition coefficient (Wildman–Crippen LogP) is 8.04. The van der Waals surface area contributed by atoms with Crippen molar-refractivity contribution in [2.75, 3.05) is 25.0 Å². The highest BCUT2D eigenvalue weighted by atomic mass is 32.1. The van der Waals surface area contributed by atoms with Crippen molar-refractivity contribution in [1.82, 2.24) is 4.90 Å². The summed E-state index contributed by atoms with van der Waals surface area (Å²) in [4.78, 5) is 31.7. The van der Waals surface area contributed by atoms with E-state index in [2.05, 4.69) is 37.4 Å². The molecule has 1 aromatic heterocycles. The number of aliphatic hydroxyl groups excluding tert-OH is 1. The summed E-state index contributed by atoms with van der Waals surface area (Å²) in [5, 5.41) is 26.9. The zero-order chi connectivity index (χ0) is 33.9. The number of ether oxygens (including phenoxy) is 1. The summed E-state index contributed by atoms with van der Waals surface area (Å²) in [6.45, 7) is 7.54. The molecule has 0 spiro atoms. The number of benzene rings is 2. The van der Waals surface area contributed by atoms with Crippen molar-refractivity contribution in [3.63, 3.8) is 0 Å². The predicted molar refractivity (Wildman–Crippen MR) is 192 cm³/mol. The van der Waals surface area contributed by atoms with E-state index in [1.165, 1.54) is 16.9 Å². The van der Waals surface area contributed by atoms with E-state index < -0.39 is 17.1 Å². The van der Waals surface area contributed by atoms with Crippen LogP contribution in [0.25, 0.3) is 0 Å². The van der Waals surface area contributed by atoms with Crippen LogP contribution in [0.15, 0.2) is 72.3 Å². The smallest absolute Gasteiger partial charge is 0.322 e. The Labute approximate surface area is 289 Å². The van der Waals surface area contributed by atoms with Crippen molar-refractivity contribution in [3.8, 4) is 0 Å². The van der Waals surface area contributed by atoms with Gasteiger partial charge >= 0.3 is 6.03 Å². The molecular weight excluding hydrogens is 621 g/mol. The number of thiophene rings is 1. The van der Waals surface area contributed by atoms with E-state index in [0.29, 0.717) is 61.4 Å². The second-order valence-corrected chi connectivity index (χ2v) is 15.8. The molecule has 2 aromatic carbocycles. The van der Waals surface area contributed by atoms with Gasteiger partial charge in [-0.05, 0) is 119 Å². The van der Waals surface area contributed by atoms with Gasteiger partial charge in [0.15, 0.2) is 0 Å². The maximum Gasteiger partial charge on any atom is 0.322 e. The number of fused-ring (bicyclic) bond motifs is 8. The van der Waals surface area contributed by atoms with Gasteiger partial charge in [0.1, 0.15) is 0 Å². The molecule has 48 heavy (non-hydrogen) atoms. The number of hydrogen-bond donors (Lipinski definition) is 3. The van der Waals surface area contributed by atoms with Crippen molar-refractivity contribution in [2.24, 2.45) is 5.41 Å². The number of aryl methyl sites for hydroxylation is 1. The highest BCUT2D eigenvalue weighted by Gasteiger charge is 2.57. The number of anilines is 1. The average Bonchev–Trinajstić information content (AvgIpc) is 3.80. The molecule has 1 aliphatic heterocycles. The molecule has 2 bridgehead atoms. The van der Waals surface area contributed by atoms with Gasteiger partial charge in [0, 0.05) is 34.7 Å². The number of urea groups is 1. The minimum atomic E-state index is -1.21. The molecule has 2 fully saturated rings. The molecule has 3 aromatic rings. The average molecular weight is 671 g/mol. The first kappa shape index (κ1) is 34.6.